The zero-order chi connectivity index (χ0) is 32.5. The van der Waals surface area contributed by atoms with Crippen molar-refractivity contribution in [3.05, 3.63) is 120 Å². The molecule has 236 valence electrons. The molecule has 9 heteroatoms. The lowest BCUT2D eigenvalue weighted by Crippen LogP contribution is -2.40. The first-order chi connectivity index (χ1) is 21.5. The number of ether oxygens (including phenoxy) is 1. The number of hydrogen-bond donors (Lipinski definition) is 3. The van der Waals surface area contributed by atoms with E-state index >= 15 is 0 Å². The maximum absolute atomic E-state index is 13.2. The molecule has 0 fully saturated rings. The van der Waals surface area contributed by atoms with Gasteiger partial charge in [-0.3, -0.25) is 4.79 Å². The molecule has 6 nitrogen and oxygen atoms in total. The Morgan fingerprint density at radius 1 is 0.778 bits per heavy atom. The maximum atomic E-state index is 13.2. The summed E-state index contributed by atoms with van der Waals surface area (Å²) in [6, 6.07) is 27.8. The van der Waals surface area contributed by atoms with Gasteiger partial charge in [0, 0.05) is 30.0 Å². The van der Waals surface area contributed by atoms with Crippen molar-refractivity contribution in [2.24, 2.45) is 5.41 Å². The molecule has 0 heterocycles. The molecule has 4 rings (SSSR count). The first-order valence-corrected chi connectivity index (χ1v) is 14.8. The fourth-order valence-electron chi connectivity index (χ4n) is 4.69. The molecule has 4 aromatic rings. The molecular weight excluding hydrogens is 579 g/mol. The quantitative estimate of drug-likeness (QED) is 0.132. The third-order valence-electron chi connectivity index (χ3n) is 7.21. The molecule has 0 saturated carbocycles. The van der Waals surface area contributed by atoms with E-state index in [4.69, 9.17) is 4.74 Å². The Balaban J connectivity index is 1.35. The SMILES string of the molecule is CCCOC(=O)C(NCC(C)(C)CNc1ccc(NC(=O)c2ccccc2-c2ccc(C(F)(F)F)cc2)cc1)c1ccccc1. The van der Waals surface area contributed by atoms with Crippen molar-refractivity contribution in [3.63, 3.8) is 0 Å². The van der Waals surface area contributed by atoms with Crippen LogP contribution in [0, 0.1) is 5.41 Å². The molecule has 45 heavy (non-hydrogen) atoms. The van der Waals surface area contributed by atoms with Gasteiger partial charge < -0.3 is 20.7 Å². The van der Waals surface area contributed by atoms with Gasteiger partial charge in [0.1, 0.15) is 6.04 Å². The van der Waals surface area contributed by atoms with E-state index < -0.39 is 17.8 Å². The molecule has 4 aromatic carbocycles. The summed E-state index contributed by atoms with van der Waals surface area (Å²) in [6.07, 6.45) is -3.68. The van der Waals surface area contributed by atoms with Gasteiger partial charge >= 0.3 is 12.1 Å². The Bertz CT molecular complexity index is 1550. The van der Waals surface area contributed by atoms with Gasteiger partial charge in [-0.05, 0) is 71.0 Å². The highest BCUT2D eigenvalue weighted by Gasteiger charge is 2.30. The largest absolute Gasteiger partial charge is 0.464 e. The molecule has 0 spiro atoms. The van der Waals surface area contributed by atoms with Crippen molar-refractivity contribution in [1.82, 2.24) is 5.32 Å². The van der Waals surface area contributed by atoms with Crippen LogP contribution < -0.4 is 16.0 Å². The molecule has 0 aromatic heterocycles. The first-order valence-electron chi connectivity index (χ1n) is 14.8. The molecule has 0 aliphatic carbocycles. The van der Waals surface area contributed by atoms with Crippen molar-refractivity contribution in [3.8, 4) is 11.1 Å². The highest BCUT2D eigenvalue weighted by atomic mass is 19.4. The second-order valence-electron chi connectivity index (χ2n) is 11.6. The van der Waals surface area contributed by atoms with E-state index in [0.717, 1.165) is 29.8 Å². The standard InChI is InChI=1S/C36H38F3N3O3/c1-4-22-45-34(44)32(26-10-6-5-7-11-26)41-24-35(2,3)23-40-28-18-20-29(21-19-28)42-33(43)31-13-9-8-12-30(31)25-14-16-27(17-15-25)36(37,38)39/h5-21,32,40-41H,4,22-24H2,1-3H3,(H,42,43). The summed E-state index contributed by atoms with van der Waals surface area (Å²) >= 11 is 0. The van der Waals surface area contributed by atoms with Gasteiger partial charge in [-0.25, -0.2) is 4.79 Å². The van der Waals surface area contributed by atoms with E-state index in [1.807, 2.05) is 49.4 Å². The van der Waals surface area contributed by atoms with Gasteiger partial charge in [0.25, 0.3) is 5.91 Å². The average molecular weight is 618 g/mol. The van der Waals surface area contributed by atoms with Crippen LogP contribution in [0.4, 0.5) is 24.5 Å². The summed E-state index contributed by atoms with van der Waals surface area (Å²) in [4.78, 5) is 25.9. The minimum atomic E-state index is -4.43. The molecule has 3 N–H and O–H groups in total. The molecule has 0 aliphatic heterocycles. The number of rotatable bonds is 13. The zero-order valence-electron chi connectivity index (χ0n) is 25.6. The predicted octanol–water partition coefficient (Wildman–Crippen LogP) is 8.35. The molecule has 0 aliphatic rings. The molecule has 1 amide bonds. The molecule has 0 saturated heterocycles. The van der Waals surface area contributed by atoms with Crippen LogP contribution in [-0.2, 0) is 15.7 Å². The first kappa shape index (κ1) is 33.3. The van der Waals surface area contributed by atoms with Crippen LogP contribution in [0.25, 0.3) is 11.1 Å². The third-order valence-corrected chi connectivity index (χ3v) is 7.21. The van der Waals surface area contributed by atoms with Gasteiger partial charge in [0.2, 0.25) is 0 Å². The van der Waals surface area contributed by atoms with Crippen LogP contribution in [0.15, 0.2) is 103 Å². The lowest BCUT2D eigenvalue weighted by molar-refractivity contribution is -0.146. The molecule has 1 atom stereocenters. The van der Waals surface area contributed by atoms with E-state index in [1.165, 1.54) is 12.1 Å². The van der Waals surface area contributed by atoms with E-state index in [-0.39, 0.29) is 17.3 Å². The van der Waals surface area contributed by atoms with E-state index in [0.29, 0.717) is 42.1 Å². The summed E-state index contributed by atoms with van der Waals surface area (Å²) < 4.78 is 44.4. The summed E-state index contributed by atoms with van der Waals surface area (Å²) in [5.74, 6) is -0.671. The second-order valence-corrected chi connectivity index (χ2v) is 11.6. The monoisotopic (exact) mass is 617 g/mol. The Hall–Kier alpha value is -4.63. The van der Waals surface area contributed by atoms with Crippen molar-refractivity contribution in [1.29, 1.82) is 0 Å². The Labute approximate surface area is 262 Å². The number of nitrogens with one attached hydrogen (secondary N) is 3. The number of amides is 1. The maximum Gasteiger partial charge on any atom is 0.416 e. The predicted molar refractivity (Wildman–Crippen MR) is 172 cm³/mol. The van der Waals surface area contributed by atoms with Crippen molar-refractivity contribution >= 4 is 23.3 Å². The number of carbonyl (C=O) groups is 2. The number of carbonyl (C=O) groups excluding carboxylic acids is 2. The highest BCUT2D eigenvalue weighted by Crippen LogP contribution is 2.32. The lowest BCUT2D eigenvalue weighted by atomic mass is 9.92. The Morgan fingerprint density at radius 2 is 1.40 bits per heavy atom. The molecule has 0 bridgehead atoms. The van der Waals surface area contributed by atoms with Gasteiger partial charge in [-0.15, -0.1) is 0 Å². The second kappa shape index (κ2) is 14.9. The Kier molecular flexibility index (Phi) is 11.0. The number of hydrogen-bond acceptors (Lipinski definition) is 5. The number of halogens is 3. The van der Waals surface area contributed by atoms with E-state index in [9.17, 15) is 22.8 Å². The van der Waals surface area contributed by atoms with Gasteiger partial charge in [-0.2, -0.15) is 13.2 Å². The van der Waals surface area contributed by atoms with Crippen molar-refractivity contribution < 1.29 is 27.5 Å². The smallest absolute Gasteiger partial charge is 0.416 e. The fourth-order valence-corrected chi connectivity index (χ4v) is 4.69. The number of benzene rings is 4. The molecular formula is C36H38F3N3O3. The van der Waals surface area contributed by atoms with E-state index in [1.54, 1.807) is 36.4 Å². The number of anilines is 2. The summed E-state index contributed by atoms with van der Waals surface area (Å²) in [5, 5.41) is 9.68. The van der Waals surface area contributed by atoms with Gasteiger partial charge in [-0.1, -0.05) is 81.4 Å². The lowest BCUT2D eigenvalue weighted by Gasteiger charge is -2.28. The van der Waals surface area contributed by atoms with Gasteiger partial charge in [0.15, 0.2) is 0 Å². The van der Waals surface area contributed by atoms with Crippen LogP contribution in [0.2, 0.25) is 0 Å². The summed E-state index contributed by atoms with van der Waals surface area (Å²) in [6.45, 7) is 7.67. The van der Waals surface area contributed by atoms with Crippen molar-refractivity contribution in [2.75, 3.05) is 30.3 Å². The summed E-state index contributed by atoms with van der Waals surface area (Å²) in [7, 11) is 0. The minimum absolute atomic E-state index is 0.229. The van der Waals surface area contributed by atoms with Crippen LogP contribution in [-0.4, -0.2) is 31.6 Å². The highest BCUT2D eigenvalue weighted by molar-refractivity contribution is 6.08. The van der Waals surface area contributed by atoms with Crippen LogP contribution in [0.3, 0.4) is 0 Å². The van der Waals surface area contributed by atoms with Gasteiger partial charge in [0.05, 0.1) is 12.2 Å². The average Bonchev–Trinajstić information content (AvgIpc) is 3.03. The normalized spacial score (nSPS) is 12.3. The summed E-state index contributed by atoms with van der Waals surface area (Å²) in [5.41, 5.74) is 2.70. The topological polar surface area (TPSA) is 79.5 Å². The fraction of sp³-hybridized carbons (Fsp3) is 0.278. The molecule has 0 radical (unpaired) electrons. The Morgan fingerprint density at radius 3 is 2.04 bits per heavy atom. The number of alkyl halides is 3. The third kappa shape index (κ3) is 9.43. The van der Waals surface area contributed by atoms with Crippen LogP contribution in [0.5, 0.6) is 0 Å². The zero-order valence-corrected chi connectivity index (χ0v) is 25.6. The van der Waals surface area contributed by atoms with Crippen LogP contribution >= 0.6 is 0 Å². The van der Waals surface area contributed by atoms with Crippen molar-refractivity contribution in [2.45, 2.75) is 39.4 Å². The molecule has 1 unspecified atom stereocenters. The van der Waals surface area contributed by atoms with E-state index in [2.05, 4.69) is 29.8 Å². The minimum Gasteiger partial charge on any atom is -0.464 e. The number of esters is 1. The van der Waals surface area contributed by atoms with Crippen LogP contribution in [0.1, 0.15) is 54.7 Å².